The number of amides is 1. The zero-order valence-electron chi connectivity index (χ0n) is 13.1. The fourth-order valence-corrected chi connectivity index (χ4v) is 2.66. The van der Waals surface area contributed by atoms with Gasteiger partial charge in [0.05, 0.1) is 7.11 Å². The molecule has 2 aromatic rings. The number of nitrogens with zero attached hydrogens (tertiary/aromatic N) is 2. The van der Waals surface area contributed by atoms with Crippen molar-refractivity contribution in [3.63, 3.8) is 0 Å². The fourth-order valence-electron chi connectivity index (χ4n) is 2.27. The van der Waals surface area contributed by atoms with Crippen molar-refractivity contribution in [2.24, 2.45) is 7.05 Å². The van der Waals surface area contributed by atoms with Crippen LogP contribution in [-0.4, -0.2) is 34.6 Å². The lowest BCUT2D eigenvalue weighted by molar-refractivity contribution is -0.121. The molecule has 0 aliphatic heterocycles. The summed E-state index contributed by atoms with van der Waals surface area (Å²) >= 11 is 1.65. The third kappa shape index (κ3) is 3.82. The van der Waals surface area contributed by atoms with Crippen LogP contribution in [0.3, 0.4) is 0 Å². The molecular weight excluding hydrogens is 298 g/mol. The topological polar surface area (TPSA) is 56.1 Å². The molecule has 0 spiro atoms. The molecule has 0 saturated heterocycles. The molecule has 1 aromatic heterocycles. The highest BCUT2D eigenvalue weighted by atomic mass is 32.2. The average Bonchev–Trinajstić information content (AvgIpc) is 2.96. The van der Waals surface area contributed by atoms with Crippen LogP contribution in [0.1, 0.15) is 23.9 Å². The molecule has 1 aromatic carbocycles. The molecule has 2 rings (SSSR count). The van der Waals surface area contributed by atoms with Crippen molar-refractivity contribution in [2.75, 3.05) is 19.1 Å². The van der Waals surface area contributed by atoms with E-state index in [1.807, 2.05) is 48.3 Å². The van der Waals surface area contributed by atoms with Crippen LogP contribution in [0.2, 0.25) is 0 Å². The van der Waals surface area contributed by atoms with E-state index in [0.29, 0.717) is 6.42 Å². The number of rotatable bonds is 7. The Morgan fingerprint density at radius 2 is 2.23 bits per heavy atom. The summed E-state index contributed by atoms with van der Waals surface area (Å²) < 4.78 is 7.34. The molecule has 1 heterocycles. The Kier molecular flexibility index (Phi) is 5.89. The van der Waals surface area contributed by atoms with Crippen molar-refractivity contribution in [3.05, 3.63) is 48.0 Å². The summed E-state index contributed by atoms with van der Waals surface area (Å²) in [5.41, 5.74) is 0.900. The number of imidazole rings is 1. The SMILES string of the molecule is COc1ccccc1C(NC(=O)CCSC)c1nccn1C. The van der Waals surface area contributed by atoms with Crippen LogP contribution in [0, 0.1) is 0 Å². The first-order valence-corrected chi connectivity index (χ1v) is 8.45. The van der Waals surface area contributed by atoms with Gasteiger partial charge in [-0.1, -0.05) is 18.2 Å². The van der Waals surface area contributed by atoms with Gasteiger partial charge in [-0.05, 0) is 12.3 Å². The second-order valence-electron chi connectivity index (χ2n) is 4.88. The van der Waals surface area contributed by atoms with E-state index in [-0.39, 0.29) is 11.9 Å². The minimum atomic E-state index is -0.328. The smallest absolute Gasteiger partial charge is 0.221 e. The van der Waals surface area contributed by atoms with Gasteiger partial charge < -0.3 is 14.6 Å². The Morgan fingerprint density at radius 1 is 1.45 bits per heavy atom. The number of carbonyl (C=O) groups excluding carboxylic acids is 1. The van der Waals surface area contributed by atoms with E-state index in [0.717, 1.165) is 22.9 Å². The maximum absolute atomic E-state index is 12.2. The number of para-hydroxylation sites is 1. The molecule has 5 nitrogen and oxygen atoms in total. The summed E-state index contributed by atoms with van der Waals surface area (Å²) in [4.78, 5) is 16.6. The second kappa shape index (κ2) is 7.89. The third-order valence-corrected chi connectivity index (χ3v) is 4.02. The molecule has 22 heavy (non-hydrogen) atoms. The summed E-state index contributed by atoms with van der Waals surface area (Å²) in [5.74, 6) is 2.32. The maximum atomic E-state index is 12.2. The molecule has 6 heteroatoms. The van der Waals surface area contributed by atoms with Crippen LogP contribution in [0.5, 0.6) is 5.75 Å². The predicted octanol–water partition coefficient (Wildman–Crippen LogP) is 2.39. The summed E-state index contributed by atoms with van der Waals surface area (Å²) in [6, 6.07) is 7.35. The lowest BCUT2D eigenvalue weighted by Crippen LogP contribution is -2.31. The molecule has 0 fully saturated rings. The Hall–Kier alpha value is -1.95. The van der Waals surface area contributed by atoms with Crippen LogP contribution in [0.4, 0.5) is 0 Å². The van der Waals surface area contributed by atoms with Crippen molar-refractivity contribution in [1.82, 2.24) is 14.9 Å². The quantitative estimate of drug-likeness (QED) is 0.851. The van der Waals surface area contributed by atoms with Crippen molar-refractivity contribution >= 4 is 17.7 Å². The highest BCUT2D eigenvalue weighted by Crippen LogP contribution is 2.29. The number of aromatic nitrogens is 2. The van der Waals surface area contributed by atoms with E-state index in [1.54, 1.807) is 25.1 Å². The zero-order chi connectivity index (χ0) is 15.9. The maximum Gasteiger partial charge on any atom is 0.221 e. The zero-order valence-corrected chi connectivity index (χ0v) is 13.9. The molecule has 0 saturated carbocycles. The van der Waals surface area contributed by atoms with Gasteiger partial charge in [-0.15, -0.1) is 0 Å². The summed E-state index contributed by atoms with van der Waals surface area (Å²) in [6.45, 7) is 0. The highest BCUT2D eigenvalue weighted by molar-refractivity contribution is 7.98. The molecule has 0 bridgehead atoms. The van der Waals surface area contributed by atoms with Crippen LogP contribution >= 0.6 is 11.8 Å². The Morgan fingerprint density at radius 3 is 2.86 bits per heavy atom. The van der Waals surface area contributed by atoms with Crippen LogP contribution in [-0.2, 0) is 11.8 Å². The van der Waals surface area contributed by atoms with Gasteiger partial charge in [0.25, 0.3) is 0 Å². The van der Waals surface area contributed by atoms with Gasteiger partial charge in [-0.3, -0.25) is 4.79 Å². The van der Waals surface area contributed by atoms with E-state index < -0.39 is 0 Å². The van der Waals surface area contributed by atoms with Crippen LogP contribution in [0.25, 0.3) is 0 Å². The highest BCUT2D eigenvalue weighted by Gasteiger charge is 2.23. The minimum absolute atomic E-state index is 0.00764. The van der Waals surface area contributed by atoms with E-state index in [1.165, 1.54) is 0 Å². The Labute approximate surface area is 135 Å². The van der Waals surface area contributed by atoms with E-state index in [2.05, 4.69) is 10.3 Å². The van der Waals surface area contributed by atoms with E-state index in [9.17, 15) is 4.79 Å². The van der Waals surface area contributed by atoms with E-state index >= 15 is 0 Å². The van der Waals surface area contributed by atoms with Crippen molar-refractivity contribution in [3.8, 4) is 5.75 Å². The van der Waals surface area contributed by atoms with Crippen LogP contribution < -0.4 is 10.1 Å². The Bertz CT molecular complexity index is 627. The fraction of sp³-hybridized carbons (Fsp3) is 0.375. The summed E-state index contributed by atoms with van der Waals surface area (Å²) in [5, 5.41) is 3.07. The average molecular weight is 319 g/mol. The van der Waals surface area contributed by atoms with Crippen LogP contribution in [0.15, 0.2) is 36.7 Å². The van der Waals surface area contributed by atoms with Crippen molar-refractivity contribution < 1.29 is 9.53 Å². The molecule has 1 N–H and O–H groups in total. The van der Waals surface area contributed by atoms with Crippen molar-refractivity contribution in [2.45, 2.75) is 12.5 Å². The van der Waals surface area contributed by atoms with Gasteiger partial charge in [0.2, 0.25) is 5.91 Å². The number of hydrogen-bond acceptors (Lipinski definition) is 4. The first-order chi connectivity index (χ1) is 10.7. The van der Waals surface area contributed by atoms with Crippen molar-refractivity contribution in [1.29, 1.82) is 0 Å². The lowest BCUT2D eigenvalue weighted by Gasteiger charge is -2.21. The number of thioether (sulfide) groups is 1. The van der Waals surface area contributed by atoms with Gasteiger partial charge in [0, 0.05) is 37.2 Å². The second-order valence-corrected chi connectivity index (χ2v) is 5.87. The van der Waals surface area contributed by atoms with Gasteiger partial charge in [0.15, 0.2) is 0 Å². The monoisotopic (exact) mass is 319 g/mol. The Balaban J connectivity index is 2.34. The van der Waals surface area contributed by atoms with Gasteiger partial charge in [0.1, 0.15) is 17.6 Å². The lowest BCUT2D eigenvalue weighted by atomic mass is 10.0. The first-order valence-electron chi connectivity index (χ1n) is 7.05. The number of methoxy groups -OCH3 is 1. The first kappa shape index (κ1) is 16.4. The molecule has 1 unspecified atom stereocenters. The third-order valence-electron chi connectivity index (χ3n) is 3.41. The van der Waals surface area contributed by atoms with Gasteiger partial charge >= 0.3 is 0 Å². The summed E-state index contributed by atoms with van der Waals surface area (Å²) in [7, 11) is 3.54. The molecule has 118 valence electrons. The van der Waals surface area contributed by atoms with Gasteiger partial charge in [-0.25, -0.2) is 4.98 Å². The largest absolute Gasteiger partial charge is 0.496 e. The number of benzene rings is 1. The minimum Gasteiger partial charge on any atom is -0.496 e. The van der Waals surface area contributed by atoms with Gasteiger partial charge in [-0.2, -0.15) is 11.8 Å². The summed E-state index contributed by atoms with van der Waals surface area (Å²) in [6.07, 6.45) is 6.07. The van der Waals surface area contributed by atoms with E-state index in [4.69, 9.17) is 4.74 Å². The molecule has 1 amide bonds. The molecule has 1 atom stereocenters. The predicted molar refractivity (Wildman–Crippen MR) is 89.2 cm³/mol. The molecule has 0 aliphatic rings. The number of ether oxygens (including phenoxy) is 1. The number of nitrogens with one attached hydrogen (secondary N) is 1. The molecular formula is C16H21N3O2S. The molecule has 0 radical (unpaired) electrons. The number of aryl methyl sites for hydroxylation is 1. The molecule has 0 aliphatic carbocycles. The number of carbonyl (C=O) groups is 1. The number of hydrogen-bond donors (Lipinski definition) is 1. The normalized spacial score (nSPS) is 12.0. The standard InChI is InChI=1S/C16H21N3O2S/c1-19-10-9-17-16(19)15(18-14(20)8-11-22-3)12-6-4-5-7-13(12)21-2/h4-7,9-10,15H,8,11H2,1-3H3,(H,18,20).